The van der Waals surface area contributed by atoms with Crippen LogP contribution in [0, 0.1) is 5.92 Å². The fourth-order valence-corrected chi connectivity index (χ4v) is 2.51. The van der Waals surface area contributed by atoms with Gasteiger partial charge in [0.15, 0.2) is 0 Å². The molecule has 0 bridgehead atoms. The van der Waals surface area contributed by atoms with E-state index in [0.717, 1.165) is 37.2 Å². The molecule has 2 heterocycles. The van der Waals surface area contributed by atoms with Gasteiger partial charge in [0, 0.05) is 11.5 Å². The molecule has 1 aromatic carbocycles. The molecule has 2 N–H and O–H groups in total. The zero-order chi connectivity index (χ0) is 14.5. The molecule has 0 spiro atoms. The molecule has 2 aromatic rings. The van der Waals surface area contributed by atoms with Gasteiger partial charge in [-0.15, -0.1) is 0 Å². The average molecular weight is 285 g/mol. The predicted molar refractivity (Wildman–Crippen MR) is 79.4 cm³/mol. The molecule has 1 saturated heterocycles. The first-order valence-corrected chi connectivity index (χ1v) is 7.31. The van der Waals surface area contributed by atoms with E-state index in [1.807, 2.05) is 30.3 Å². The van der Waals surface area contributed by atoms with Gasteiger partial charge in [0.25, 0.3) is 0 Å². The fourth-order valence-electron chi connectivity index (χ4n) is 2.51. The number of oxazole rings is 1. The van der Waals surface area contributed by atoms with Gasteiger partial charge >= 0.3 is 0 Å². The lowest BCUT2D eigenvalue weighted by molar-refractivity contribution is -0.125. The Morgan fingerprint density at radius 3 is 2.81 bits per heavy atom. The highest BCUT2D eigenvalue weighted by atomic mass is 16.3. The summed E-state index contributed by atoms with van der Waals surface area (Å²) in [5, 5.41) is 6.20. The second-order valence-corrected chi connectivity index (χ2v) is 5.25. The number of benzene rings is 1. The Labute approximate surface area is 123 Å². The highest BCUT2D eigenvalue weighted by Crippen LogP contribution is 2.18. The summed E-state index contributed by atoms with van der Waals surface area (Å²) in [6.45, 7) is 2.25. The average Bonchev–Trinajstić information content (AvgIpc) is 3.03. The Kier molecular flexibility index (Phi) is 4.31. The first kappa shape index (κ1) is 13.8. The van der Waals surface area contributed by atoms with Gasteiger partial charge in [-0.05, 0) is 38.1 Å². The highest BCUT2D eigenvalue weighted by molar-refractivity contribution is 5.78. The van der Waals surface area contributed by atoms with Crippen LogP contribution < -0.4 is 10.6 Å². The van der Waals surface area contributed by atoms with Crippen molar-refractivity contribution in [1.29, 1.82) is 0 Å². The number of carbonyl (C=O) groups excluding carboxylic acids is 1. The maximum absolute atomic E-state index is 12.1. The summed E-state index contributed by atoms with van der Waals surface area (Å²) < 4.78 is 5.46. The van der Waals surface area contributed by atoms with Gasteiger partial charge in [-0.3, -0.25) is 4.79 Å². The van der Waals surface area contributed by atoms with Gasteiger partial charge < -0.3 is 15.1 Å². The molecule has 5 nitrogen and oxygen atoms in total. The molecule has 3 rings (SSSR count). The van der Waals surface area contributed by atoms with E-state index >= 15 is 0 Å². The number of aromatic nitrogens is 1. The standard InChI is InChI=1S/C16H19N3O2/c20-15(12-6-8-17-9-7-12)18-10-14-11-21-16(19-14)13-4-2-1-3-5-13/h1-5,11-12,17H,6-10H2,(H,18,20). The van der Waals surface area contributed by atoms with Crippen molar-refractivity contribution in [2.75, 3.05) is 13.1 Å². The van der Waals surface area contributed by atoms with Crippen LogP contribution in [0.5, 0.6) is 0 Å². The number of amides is 1. The molecule has 0 saturated carbocycles. The maximum Gasteiger partial charge on any atom is 0.226 e. The minimum atomic E-state index is 0.112. The number of rotatable bonds is 4. The molecule has 0 unspecified atom stereocenters. The highest BCUT2D eigenvalue weighted by Gasteiger charge is 2.20. The number of nitrogens with zero attached hydrogens (tertiary/aromatic N) is 1. The van der Waals surface area contributed by atoms with Gasteiger partial charge in [-0.2, -0.15) is 0 Å². The number of piperidine rings is 1. The van der Waals surface area contributed by atoms with Crippen molar-refractivity contribution >= 4 is 5.91 Å². The third kappa shape index (κ3) is 3.49. The van der Waals surface area contributed by atoms with Gasteiger partial charge in [0.05, 0.1) is 12.2 Å². The summed E-state index contributed by atoms with van der Waals surface area (Å²) in [6.07, 6.45) is 3.41. The molecule has 0 aliphatic carbocycles. The lowest BCUT2D eigenvalue weighted by Gasteiger charge is -2.21. The zero-order valence-corrected chi connectivity index (χ0v) is 11.8. The van der Waals surface area contributed by atoms with Crippen LogP contribution in [0.15, 0.2) is 41.0 Å². The summed E-state index contributed by atoms with van der Waals surface area (Å²) in [6, 6.07) is 9.73. The van der Waals surface area contributed by atoms with Gasteiger partial charge in [-0.25, -0.2) is 4.98 Å². The molecule has 5 heteroatoms. The molecule has 1 aromatic heterocycles. The smallest absolute Gasteiger partial charge is 0.226 e. The summed E-state index contributed by atoms with van der Waals surface area (Å²) in [7, 11) is 0. The maximum atomic E-state index is 12.1. The molecule has 1 aliphatic rings. The second-order valence-electron chi connectivity index (χ2n) is 5.25. The lowest BCUT2D eigenvalue weighted by atomic mass is 9.97. The number of carbonyl (C=O) groups is 1. The molecule has 110 valence electrons. The number of hydrogen-bond donors (Lipinski definition) is 2. The molecular weight excluding hydrogens is 266 g/mol. The van der Waals surface area contributed by atoms with E-state index in [-0.39, 0.29) is 11.8 Å². The molecule has 21 heavy (non-hydrogen) atoms. The van der Waals surface area contributed by atoms with Crippen molar-refractivity contribution in [3.63, 3.8) is 0 Å². The largest absolute Gasteiger partial charge is 0.444 e. The zero-order valence-electron chi connectivity index (χ0n) is 11.8. The number of hydrogen-bond acceptors (Lipinski definition) is 4. The van der Waals surface area contributed by atoms with Crippen LogP contribution in [0.1, 0.15) is 18.5 Å². The van der Waals surface area contributed by atoms with Crippen molar-refractivity contribution in [1.82, 2.24) is 15.6 Å². The van der Waals surface area contributed by atoms with Crippen LogP contribution in [0.2, 0.25) is 0 Å². The minimum absolute atomic E-state index is 0.112. The lowest BCUT2D eigenvalue weighted by Crippen LogP contribution is -2.37. The monoisotopic (exact) mass is 285 g/mol. The SMILES string of the molecule is O=C(NCc1coc(-c2ccccc2)n1)C1CCNCC1. The van der Waals surface area contributed by atoms with Crippen molar-refractivity contribution in [2.45, 2.75) is 19.4 Å². The first-order valence-electron chi connectivity index (χ1n) is 7.31. The van der Waals surface area contributed by atoms with E-state index in [2.05, 4.69) is 15.6 Å². The van der Waals surface area contributed by atoms with Crippen LogP contribution in [-0.2, 0) is 11.3 Å². The Morgan fingerprint density at radius 1 is 1.29 bits per heavy atom. The summed E-state index contributed by atoms with van der Waals surface area (Å²) in [5.74, 6) is 0.814. The van der Waals surface area contributed by atoms with E-state index in [1.54, 1.807) is 6.26 Å². The van der Waals surface area contributed by atoms with Crippen molar-refractivity contribution in [2.24, 2.45) is 5.92 Å². The summed E-state index contributed by atoms with van der Waals surface area (Å²) in [4.78, 5) is 16.5. The van der Waals surface area contributed by atoms with Crippen molar-refractivity contribution in [3.05, 3.63) is 42.3 Å². The summed E-state index contributed by atoms with van der Waals surface area (Å²) >= 11 is 0. The Morgan fingerprint density at radius 2 is 2.05 bits per heavy atom. The third-order valence-corrected chi connectivity index (χ3v) is 3.73. The van der Waals surface area contributed by atoms with Crippen LogP contribution in [-0.4, -0.2) is 24.0 Å². The molecule has 1 fully saturated rings. The Hall–Kier alpha value is -2.14. The van der Waals surface area contributed by atoms with Crippen molar-refractivity contribution < 1.29 is 9.21 Å². The van der Waals surface area contributed by atoms with E-state index in [0.29, 0.717) is 12.4 Å². The van der Waals surface area contributed by atoms with E-state index < -0.39 is 0 Å². The second kappa shape index (κ2) is 6.54. The molecule has 1 amide bonds. The quantitative estimate of drug-likeness (QED) is 0.901. The van der Waals surface area contributed by atoms with Gasteiger partial charge in [0.2, 0.25) is 11.8 Å². The third-order valence-electron chi connectivity index (χ3n) is 3.73. The molecule has 1 aliphatic heterocycles. The van der Waals surface area contributed by atoms with Gasteiger partial charge in [-0.1, -0.05) is 18.2 Å². The van der Waals surface area contributed by atoms with Gasteiger partial charge in [0.1, 0.15) is 6.26 Å². The fraction of sp³-hybridized carbons (Fsp3) is 0.375. The van der Waals surface area contributed by atoms with E-state index in [1.165, 1.54) is 0 Å². The van der Waals surface area contributed by atoms with Crippen LogP contribution >= 0.6 is 0 Å². The molecular formula is C16H19N3O2. The van der Waals surface area contributed by atoms with Crippen LogP contribution in [0.4, 0.5) is 0 Å². The minimum Gasteiger partial charge on any atom is -0.444 e. The summed E-state index contributed by atoms with van der Waals surface area (Å²) in [5.41, 5.74) is 1.68. The topological polar surface area (TPSA) is 67.2 Å². The Bertz CT molecular complexity index is 589. The number of nitrogens with one attached hydrogen (secondary N) is 2. The predicted octanol–water partition coefficient (Wildman–Crippen LogP) is 1.96. The van der Waals surface area contributed by atoms with Crippen LogP contribution in [0.25, 0.3) is 11.5 Å². The first-order chi connectivity index (χ1) is 10.3. The Balaban J connectivity index is 1.56. The van der Waals surface area contributed by atoms with E-state index in [4.69, 9.17) is 4.42 Å². The normalized spacial score (nSPS) is 15.8. The molecule has 0 radical (unpaired) electrons. The van der Waals surface area contributed by atoms with Crippen molar-refractivity contribution in [3.8, 4) is 11.5 Å². The molecule has 0 atom stereocenters. The van der Waals surface area contributed by atoms with E-state index in [9.17, 15) is 4.79 Å². The van der Waals surface area contributed by atoms with Crippen LogP contribution in [0.3, 0.4) is 0 Å².